The third-order valence-electron chi connectivity index (χ3n) is 4.56. The highest BCUT2D eigenvalue weighted by atomic mass is 16.5. The van der Waals surface area contributed by atoms with E-state index in [0.29, 0.717) is 12.0 Å². The molecule has 0 fully saturated rings. The Balaban J connectivity index is 2.29. The molecule has 0 saturated heterocycles. The molecule has 0 aliphatic carbocycles. The predicted molar refractivity (Wildman–Crippen MR) is 104 cm³/mol. The minimum atomic E-state index is -1.01. The molecular formula is C21H22O7. The molecular weight excluding hydrogens is 364 g/mol. The summed E-state index contributed by atoms with van der Waals surface area (Å²) in [5, 5.41) is 40.6. The van der Waals surface area contributed by atoms with Gasteiger partial charge in [-0.2, -0.15) is 0 Å². The van der Waals surface area contributed by atoms with Gasteiger partial charge in [0.15, 0.2) is 11.5 Å². The van der Waals surface area contributed by atoms with Crippen molar-refractivity contribution in [1.29, 1.82) is 0 Å². The van der Waals surface area contributed by atoms with Crippen LogP contribution in [0.3, 0.4) is 0 Å². The van der Waals surface area contributed by atoms with Crippen molar-refractivity contribution in [2.45, 2.75) is 32.3 Å². The average Bonchev–Trinajstić information content (AvgIpc) is 2.60. The van der Waals surface area contributed by atoms with Gasteiger partial charge < -0.3 is 29.6 Å². The quantitative estimate of drug-likeness (QED) is 0.531. The lowest BCUT2D eigenvalue weighted by molar-refractivity contribution is 0.0712. The number of aliphatic hydroxyl groups is 1. The number of rotatable bonds is 5. The Bertz CT molecular complexity index is 1090. The van der Waals surface area contributed by atoms with Crippen LogP contribution in [0.25, 0.3) is 22.1 Å². The van der Waals surface area contributed by atoms with Gasteiger partial charge in [-0.15, -0.1) is 0 Å². The van der Waals surface area contributed by atoms with Crippen molar-refractivity contribution in [3.05, 3.63) is 46.3 Å². The smallest absolute Gasteiger partial charge is 0.200 e. The first-order valence-corrected chi connectivity index (χ1v) is 8.71. The number of hydrogen-bond acceptors (Lipinski definition) is 7. The molecule has 0 saturated carbocycles. The summed E-state index contributed by atoms with van der Waals surface area (Å²) in [7, 11) is 1.37. The molecule has 0 bridgehead atoms. The highest BCUT2D eigenvalue weighted by Gasteiger charge is 2.25. The number of methoxy groups -OCH3 is 1. The zero-order chi connectivity index (χ0) is 20.6. The number of phenols is 3. The van der Waals surface area contributed by atoms with Gasteiger partial charge in [0, 0.05) is 23.3 Å². The van der Waals surface area contributed by atoms with E-state index >= 15 is 0 Å². The molecule has 0 radical (unpaired) electrons. The number of phenolic OH excluding ortho intramolecular Hbond substituents is 3. The molecule has 3 aromatic rings. The molecule has 0 amide bonds. The normalized spacial score (nSPS) is 11.7. The van der Waals surface area contributed by atoms with E-state index < -0.39 is 11.0 Å². The van der Waals surface area contributed by atoms with Crippen LogP contribution in [-0.2, 0) is 6.42 Å². The first kappa shape index (κ1) is 19.6. The summed E-state index contributed by atoms with van der Waals surface area (Å²) in [5.41, 5.74) is -0.574. The van der Waals surface area contributed by atoms with E-state index in [2.05, 4.69) is 0 Å². The monoisotopic (exact) mass is 386 g/mol. The van der Waals surface area contributed by atoms with Gasteiger partial charge in [0.05, 0.1) is 23.7 Å². The van der Waals surface area contributed by atoms with Gasteiger partial charge in [-0.05, 0) is 38.8 Å². The fourth-order valence-electron chi connectivity index (χ4n) is 3.18. The van der Waals surface area contributed by atoms with Crippen LogP contribution in [0.5, 0.6) is 23.0 Å². The van der Waals surface area contributed by atoms with Crippen LogP contribution in [0.15, 0.2) is 39.7 Å². The van der Waals surface area contributed by atoms with Crippen LogP contribution < -0.4 is 10.2 Å². The first-order valence-electron chi connectivity index (χ1n) is 8.71. The van der Waals surface area contributed by atoms with Crippen molar-refractivity contribution >= 4 is 11.0 Å². The van der Waals surface area contributed by atoms with E-state index in [-0.39, 0.29) is 51.5 Å². The van der Waals surface area contributed by atoms with Crippen LogP contribution in [0, 0.1) is 0 Å². The van der Waals surface area contributed by atoms with Crippen molar-refractivity contribution < 1.29 is 29.6 Å². The molecule has 1 heterocycles. The van der Waals surface area contributed by atoms with Gasteiger partial charge in [0.1, 0.15) is 23.3 Å². The van der Waals surface area contributed by atoms with Crippen LogP contribution in [-0.4, -0.2) is 33.1 Å². The minimum Gasteiger partial charge on any atom is -0.508 e. The summed E-state index contributed by atoms with van der Waals surface area (Å²) in [5.74, 6) is -0.510. The van der Waals surface area contributed by atoms with Crippen molar-refractivity contribution in [3.63, 3.8) is 0 Å². The summed E-state index contributed by atoms with van der Waals surface area (Å²) < 4.78 is 10.8. The highest BCUT2D eigenvalue weighted by molar-refractivity contribution is 5.86. The Labute approximate surface area is 161 Å². The van der Waals surface area contributed by atoms with Crippen molar-refractivity contribution in [3.8, 4) is 34.1 Å². The van der Waals surface area contributed by atoms with Crippen LogP contribution in [0.1, 0.15) is 25.8 Å². The minimum absolute atomic E-state index is 0.0385. The number of hydrogen-bond donors (Lipinski definition) is 4. The van der Waals surface area contributed by atoms with Gasteiger partial charge in [-0.25, -0.2) is 0 Å². The molecule has 0 unspecified atom stereocenters. The van der Waals surface area contributed by atoms with E-state index in [4.69, 9.17) is 9.15 Å². The maximum atomic E-state index is 13.0. The van der Waals surface area contributed by atoms with Crippen molar-refractivity contribution in [1.82, 2.24) is 0 Å². The van der Waals surface area contributed by atoms with Gasteiger partial charge in [-0.3, -0.25) is 4.79 Å². The third kappa shape index (κ3) is 3.61. The molecule has 0 atom stereocenters. The summed E-state index contributed by atoms with van der Waals surface area (Å²) in [6, 6.07) is 5.23. The Morgan fingerprint density at radius 2 is 1.82 bits per heavy atom. The summed E-state index contributed by atoms with van der Waals surface area (Å²) >= 11 is 0. The number of ether oxygens (including phenoxy) is 1. The summed E-state index contributed by atoms with van der Waals surface area (Å²) in [4.78, 5) is 13.0. The van der Waals surface area contributed by atoms with Gasteiger partial charge in [0.25, 0.3) is 0 Å². The SMILES string of the molecule is COc1c(O)cc(O)c(-c2coc3cc(O)ccc3c2=O)c1CCC(C)(C)O. The molecule has 0 aliphatic heterocycles. The highest BCUT2D eigenvalue weighted by Crippen LogP contribution is 2.44. The Morgan fingerprint density at radius 3 is 2.46 bits per heavy atom. The van der Waals surface area contributed by atoms with E-state index in [9.17, 15) is 25.2 Å². The van der Waals surface area contributed by atoms with E-state index in [1.807, 2.05) is 0 Å². The number of aromatic hydroxyl groups is 3. The largest absolute Gasteiger partial charge is 0.508 e. The van der Waals surface area contributed by atoms with E-state index in [0.717, 1.165) is 6.07 Å². The molecule has 2 aromatic carbocycles. The molecule has 3 rings (SSSR count). The van der Waals surface area contributed by atoms with E-state index in [1.165, 1.54) is 31.6 Å². The van der Waals surface area contributed by atoms with Crippen molar-refractivity contribution in [2.75, 3.05) is 7.11 Å². The Kier molecular flexibility index (Phi) is 4.95. The lowest BCUT2D eigenvalue weighted by Gasteiger charge is -2.21. The Morgan fingerprint density at radius 1 is 1.11 bits per heavy atom. The standard InChI is InChI=1S/C21H22O7/c1-21(2,26)7-6-13-18(15(23)9-16(24)20(13)27-3)14-10-28-17-8-11(22)4-5-12(17)19(14)25/h4-5,8-10,22-24,26H,6-7H2,1-3H3. The second-order valence-corrected chi connectivity index (χ2v) is 7.27. The topological polar surface area (TPSA) is 120 Å². The first-order chi connectivity index (χ1) is 13.1. The second-order valence-electron chi connectivity index (χ2n) is 7.27. The molecule has 1 aromatic heterocycles. The lowest BCUT2D eigenvalue weighted by Crippen LogP contribution is -2.19. The number of fused-ring (bicyclic) bond motifs is 1. The second kappa shape index (κ2) is 7.09. The lowest BCUT2D eigenvalue weighted by atomic mass is 9.91. The molecule has 4 N–H and O–H groups in total. The predicted octanol–water partition coefficient (Wildman–Crippen LogP) is 3.29. The summed E-state index contributed by atoms with van der Waals surface area (Å²) in [6.45, 7) is 3.28. The Hall–Kier alpha value is -3.19. The van der Waals surface area contributed by atoms with Crippen molar-refractivity contribution in [2.24, 2.45) is 0 Å². The zero-order valence-corrected chi connectivity index (χ0v) is 15.8. The molecule has 7 heteroatoms. The average molecular weight is 386 g/mol. The van der Waals surface area contributed by atoms with Gasteiger partial charge in [-0.1, -0.05) is 0 Å². The molecule has 0 aliphatic rings. The number of benzene rings is 2. The van der Waals surface area contributed by atoms with E-state index in [1.54, 1.807) is 13.8 Å². The molecule has 148 valence electrons. The van der Waals surface area contributed by atoms with Crippen LogP contribution >= 0.6 is 0 Å². The van der Waals surface area contributed by atoms with Crippen LogP contribution in [0.2, 0.25) is 0 Å². The van der Waals surface area contributed by atoms with Gasteiger partial charge >= 0.3 is 0 Å². The maximum absolute atomic E-state index is 13.0. The van der Waals surface area contributed by atoms with Crippen LogP contribution in [0.4, 0.5) is 0 Å². The summed E-state index contributed by atoms with van der Waals surface area (Å²) in [6.07, 6.45) is 1.73. The molecule has 7 nitrogen and oxygen atoms in total. The van der Waals surface area contributed by atoms with Gasteiger partial charge in [0.2, 0.25) is 5.43 Å². The third-order valence-corrected chi connectivity index (χ3v) is 4.56. The maximum Gasteiger partial charge on any atom is 0.200 e. The molecule has 28 heavy (non-hydrogen) atoms. The fraction of sp³-hybridized carbons (Fsp3) is 0.286. The fourth-order valence-corrected chi connectivity index (χ4v) is 3.18. The zero-order valence-electron chi connectivity index (χ0n) is 15.8. The molecule has 0 spiro atoms.